The number of hydrogen-bond donors (Lipinski definition) is 0. The smallest absolute Gasteiger partial charge is 0.147 e. The molecular weight excluding hydrogens is 238 g/mol. The molecule has 102 valence electrons. The van der Waals surface area contributed by atoms with E-state index in [4.69, 9.17) is 9.72 Å². The number of likely N-dealkylation sites (N-methyl/N-ethyl adjacent to an activating group) is 1. The minimum atomic E-state index is 0.217. The maximum absolute atomic E-state index is 9.36. The molecule has 1 heterocycles. The standard InChI is InChI=1S/C15H21N3O/c1-4-18(11(2)10-19-3)15-13(9-16)8-12-6-5-7-14(12)17-15/h8,11H,4-7,10H2,1-3H3. The lowest BCUT2D eigenvalue weighted by molar-refractivity contribution is 0.181. The fraction of sp³-hybridized carbons (Fsp3) is 0.600. The van der Waals surface area contributed by atoms with Crippen molar-refractivity contribution in [2.45, 2.75) is 39.2 Å². The summed E-state index contributed by atoms with van der Waals surface area (Å²) in [6, 6.07) is 4.53. The Morgan fingerprint density at radius 2 is 2.32 bits per heavy atom. The Balaban J connectivity index is 2.39. The number of aromatic nitrogens is 1. The third-order valence-corrected chi connectivity index (χ3v) is 3.70. The first-order chi connectivity index (χ1) is 9.21. The van der Waals surface area contributed by atoms with Gasteiger partial charge in [0.15, 0.2) is 0 Å². The van der Waals surface area contributed by atoms with Gasteiger partial charge in [-0.2, -0.15) is 5.26 Å². The first-order valence-electron chi connectivity index (χ1n) is 6.89. The zero-order valence-electron chi connectivity index (χ0n) is 11.9. The van der Waals surface area contributed by atoms with Gasteiger partial charge in [0.05, 0.1) is 18.2 Å². The molecule has 0 bridgehead atoms. The first-order valence-corrected chi connectivity index (χ1v) is 6.89. The van der Waals surface area contributed by atoms with E-state index in [2.05, 4.69) is 24.8 Å². The van der Waals surface area contributed by atoms with Crippen molar-refractivity contribution in [2.24, 2.45) is 0 Å². The molecule has 1 atom stereocenters. The molecule has 2 rings (SSSR count). The summed E-state index contributed by atoms with van der Waals surface area (Å²) in [5.41, 5.74) is 3.10. The van der Waals surface area contributed by atoms with Gasteiger partial charge in [-0.3, -0.25) is 0 Å². The molecule has 1 aliphatic rings. The molecule has 0 aliphatic heterocycles. The monoisotopic (exact) mass is 259 g/mol. The summed E-state index contributed by atoms with van der Waals surface area (Å²) in [7, 11) is 1.70. The van der Waals surface area contributed by atoms with Crippen LogP contribution >= 0.6 is 0 Å². The van der Waals surface area contributed by atoms with Crippen molar-refractivity contribution in [1.82, 2.24) is 4.98 Å². The Hall–Kier alpha value is -1.60. The minimum Gasteiger partial charge on any atom is -0.383 e. The highest BCUT2D eigenvalue weighted by molar-refractivity contribution is 5.57. The second-order valence-electron chi connectivity index (χ2n) is 5.02. The summed E-state index contributed by atoms with van der Waals surface area (Å²) >= 11 is 0. The van der Waals surface area contributed by atoms with E-state index < -0.39 is 0 Å². The Morgan fingerprint density at radius 3 is 2.95 bits per heavy atom. The number of nitriles is 1. The molecule has 0 saturated heterocycles. The Bertz CT molecular complexity index is 493. The molecule has 0 spiro atoms. The predicted molar refractivity (Wildman–Crippen MR) is 75.3 cm³/mol. The third-order valence-electron chi connectivity index (χ3n) is 3.70. The molecule has 0 N–H and O–H groups in total. The summed E-state index contributed by atoms with van der Waals surface area (Å²) in [6.45, 7) is 5.65. The minimum absolute atomic E-state index is 0.217. The highest BCUT2D eigenvalue weighted by Gasteiger charge is 2.22. The largest absolute Gasteiger partial charge is 0.383 e. The lowest BCUT2D eigenvalue weighted by atomic mass is 10.1. The molecule has 1 unspecified atom stereocenters. The number of anilines is 1. The van der Waals surface area contributed by atoms with Crippen LogP contribution < -0.4 is 4.90 Å². The maximum Gasteiger partial charge on any atom is 0.147 e. The van der Waals surface area contributed by atoms with E-state index in [1.54, 1.807) is 7.11 Å². The molecule has 0 radical (unpaired) electrons. The van der Waals surface area contributed by atoms with Gasteiger partial charge in [-0.05, 0) is 44.7 Å². The summed E-state index contributed by atoms with van der Waals surface area (Å²) in [4.78, 5) is 6.90. The van der Waals surface area contributed by atoms with Crippen LogP contribution in [-0.2, 0) is 17.6 Å². The van der Waals surface area contributed by atoms with Crippen LogP contribution in [0.2, 0.25) is 0 Å². The summed E-state index contributed by atoms with van der Waals surface area (Å²) in [5.74, 6) is 0.815. The predicted octanol–water partition coefficient (Wildman–Crippen LogP) is 2.30. The Morgan fingerprint density at radius 1 is 1.53 bits per heavy atom. The van der Waals surface area contributed by atoms with Crippen LogP contribution in [0.5, 0.6) is 0 Å². The van der Waals surface area contributed by atoms with Crippen molar-refractivity contribution in [3.8, 4) is 6.07 Å². The van der Waals surface area contributed by atoms with Gasteiger partial charge >= 0.3 is 0 Å². The van der Waals surface area contributed by atoms with Crippen LogP contribution in [0.4, 0.5) is 5.82 Å². The van der Waals surface area contributed by atoms with E-state index in [1.165, 1.54) is 5.56 Å². The number of ether oxygens (including phenoxy) is 1. The van der Waals surface area contributed by atoms with Crippen LogP contribution in [0.25, 0.3) is 0 Å². The molecule has 4 nitrogen and oxygen atoms in total. The number of hydrogen-bond acceptors (Lipinski definition) is 4. The number of pyridine rings is 1. The van der Waals surface area contributed by atoms with Gasteiger partial charge in [0.25, 0.3) is 0 Å². The highest BCUT2D eigenvalue weighted by atomic mass is 16.5. The van der Waals surface area contributed by atoms with Crippen LogP contribution in [0.3, 0.4) is 0 Å². The molecular formula is C15H21N3O. The quantitative estimate of drug-likeness (QED) is 0.814. The molecule has 0 saturated carbocycles. The second kappa shape index (κ2) is 6.03. The molecule has 0 aromatic carbocycles. The second-order valence-corrected chi connectivity index (χ2v) is 5.02. The van der Waals surface area contributed by atoms with Crippen LogP contribution in [0, 0.1) is 11.3 Å². The fourth-order valence-corrected chi connectivity index (χ4v) is 2.76. The molecule has 0 amide bonds. The molecule has 1 aromatic rings. The third kappa shape index (κ3) is 2.71. The SMILES string of the molecule is CCN(c1nc2c(cc1C#N)CCC2)C(C)COC. The van der Waals surface area contributed by atoms with Gasteiger partial charge in [-0.15, -0.1) is 0 Å². The van der Waals surface area contributed by atoms with E-state index in [0.29, 0.717) is 12.2 Å². The van der Waals surface area contributed by atoms with Gasteiger partial charge in [-0.1, -0.05) is 0 Å². The number of nitrogens with zero attached hydrogens (tertiary/aromatic N) is 3. The van der Waals surface area contributed by atoms with Gasteiger partial charge in [0, 0.05) is 19.3 Å². The topological polar surface area (TPSA) is 49.2 Å². The van der Waals surface area contributed by atoms with E-state index >= 15 is 0 Å². The summed E-state index contributed by atoms with van der Waals surface area (Å²) in [5, 5.41) is 9.36. The van der Waals surface area contributed by atoms with Gasteiger partial charge in [0.1, 0.15) is 11.9 Å². The number of fused-ring (bicyclic) bond motifs is 1. The van der Waals surface area contributed by atoms with E-state index in [1.807, 2.05) is 6.07 Å². The number of aryl methyl sites for hydroxylation is 2. The van der Waals surface area contributed by atoms with E-state index in [0.717, 1.165) is 37.3 Å². The van der Waals surface area contributed by atoms with Crippen molar-refractivity contribution in [1.29, 1.82) is 5.26 Å². The van der Waals surface area contributed by atoms with Gasteiger partial charge in [-0.25, -0.2) is 4.98 Å². The number of methoxy groups -OCH3 is 1. The van der Waals surface area contributed by atoms with Crippen LogP contribution in [-0.4, -0.2) is 31.3 Å². The molecule has 1 aromatic heterocycles. The Labute approximate surface area is 115 Å². The van der Waals surface area contributed by atoms with Gasteiger partial charge < -0.3 is 9.64 Å². The van der Waals surface area contributed by atoms with Crippen LogP contribution in [0.15, 0.2) is 6.07 Å². The maximum atomic E-state index is 9.36. The summed E-state index contributed by atoms with van der Waals surface area (Å²) in [6.07, 6.45) is 3.23. The molecule has 19 heavy (non-hydrogen) atoms. The molecule has 1 aliphatic carbocycles. The molecule has 4 heteroatoms. The zero-order chi connectivity index (χ0) is 13.8. The lowest BCUT2D eigenvalue weighted by Gasteiger charge is -2.29. The average Bonchev–Trinajstić information content (AvgIpc) is 2.86. The number of rotatable bonds is 5. The van der Waals surface area contributed by atoms with Crippen molar-refractivity contribution in [3.63, 3.8) is 0 Å². The Kier molecular flexibility index (Phi) is 4.39. The molecule has 0 fully saturated rings. The van der Waals surface area contributed by atoms with E-state index in [-0.39, 0.29) is 6.04 Å². The average molecular weight is 259 g/mol. The summed E-state index contributed by atoms with van der Waals surface area (Å²) < 4.78 is 5.22. The van der Waals surface area contributed by atoms with Crippen LogP contribution in [0.1, 0.15) is 37.1 Å². The normalized spacial score (nSPS) is 14.8. The first kappa shape index (κ1) is 13.8. The van der Waals surface area contributed by atoms with Gasteiger partial charge in [0.2, 0.25) is 0 Å². The van der Waals surface area contributed by atoms with E-state index in [9.17, 15) is 5.26 Å². The lowest BCUT2D eigenvalue weighted by Crippen LogP contribution is -2.37. The van der Waals surface area contributed by atoms with Crippen molar-refractivity contribution in [3.05, 3.63) is 22.9 Å². The van der Waals surface area contributed by atoms with Crippen molar-refractivity contribution >= 4 is 5.82 Å². The zero-order valence-corrected chi connectivity index (χ0v) is 11.9. The fourth-order valence-electron chi connectivity index (χ4n) is 2.76. The van der Waals surface area contributed by atoms with Crippen molar-refractivity contribution in [2.75, 3.05) is 25.2 Å². The highest BCUT2D eigenvalue weighted by Crippen LogP contribution is 2.27. The van der Waals surface area contributed by atoms with Crippen molar-refractivity contribution < 1.29 is 4.74 Å².